The van der Waals surface area contributed by atoms with E-state index < -0.39 is 5.54 Å². The van der Waals surface area contributed by atoms with Gasteiger partial charge < -0.3 is 10.6 Å². The average molecular weight is 434 g/mol. The summed E-state index contributed by atoms with van der Waals surface area (Å²) in [5.41, 5.74) is 2.74. The van der Waals surface area contributed by atoms with Gasteiger partial charge in [-0.3, -0.25) is 14.5 Å². The predicted molar refractivity (Wildman–Crippen MR) is 118 cm³/mol. The van der Waals surface area contributed by atoms with E-state index in [0.29, 0.717) is 6.54 Å². The number of rotatable bonds is 5. The maximum absolute atomic E-state index is 13.1. The number of benzene rings is 1. The highest BCUT2D eigenvalue weighted by atomic mass is 35.5. The Bertz CT molecular complexity index is 879. The molecular formula is C21H25Cl2N5O. The predicted octanol–water partition coefficient (Wildman–Crippen LogP) is 3.18. The number of hydrogen-bond donors (Lipinski definition) is 2. The van der Waals surface area contributed by atoms with E-state index in [9.17, 15) is 4.79 Å². The molecule has 29 heavy (non-hydrogen) atoms. The van der Waals surface area contributed by atoms with Gasteiger partial charge in [-0.25, -0.2) is 0 Å². The Kier molecular flexibility index (Phi) is 8.20. The summed E-state index contributed by atoms with van der Waals surface area (Å²) in [6, 6.07) is 14.1. The number of aromatic nitrogens is 3. The van der Waals surface area contributed by atoms with Gasteiger partial charge in [0.15, 0.2) is 0 Å². The number of hydrogen-bond acceptors (Lipinski definition) is 4. The first-order chi connectivity index (χ1) is 13.3. The largest absolute Gasteiger partial charge is 0.350 e. The lowest BCUT2D eigenvalue weighted by Crippen LogP contribution is -2.54. The van der Waals surface area contributed by atoms with Gasteiger partial charge in [-0.05, 0) is 60.8 Å². The van der Waals surface area contributed by atoms with Crippen molar-refractivity contribution in [2.45, 2.75) is 24.9 Å². The van der Waals surface area contributed by atoms with Crippen LogP contribution in [0.3, 0.4) is 0 Å². The second kappa shape index (κ2) is 10.4. The zero-order chi connectivity index (χ0) is 18.5. The summed E-state index contributed by atoms with van der Waals surface area (Å²) in [5, 5.41) is 10.8. The Hall–Kier alpha value is -2.41. The summed E-state index contributed by atoms with van der Waals surface area (Å²) in [4.78, 5) is 17.1. The van der Waals surface area contributed by atoms with Crippen LogP contribution in [-0.4, -0.2) is 33.8 Å². The minimum absolute atomic E-state index is 0. The van der Waals surface area contributed by atoms with E-state index in [1.165, 1.54) is 0 Å². The van der Waals surface area contributed by atoms with Gasteiger partial charge in [-0.1, -0.05) is 24.3 Å². The molecule has 0 radical (unpaired) electrons. The second-order valence-electron chi connectivity index (χ2n) is 6.85. The molecule has 1 amide bonds. The van der Waals surface area contributed by atoms with Crippen molar-refractivity contribution < 1.29 is 4.79 Å². The van der Waals surface area contributed by atoms with E-state index in [1.807, 2.05) is 29.1 Å². The molecule has 0 aliphatic carbocycles. The van der Waals surface area contributed by atoms with Crippen LogP contribution in [-0.2, 0) is 16.9 Å². The third kappa shape index (κ3) is 4.96. The van der Waals surface area contributed by atoms with Gasteiger partial charge in [0.2, 0.25) is 5.91 Å². The molecule has 0 atom stereocenters. The number of piperidine rings is 1. The summed E-state index contributed by atoms with van der Waals surface area (Å²) in [6.45, 7) is 2.13. The third-order valence-corrected chi connectivity index (χ3v) is 5.22. The molecule has 0 spiro atoms. The Morgan fingerprint density at radius 3 is 2.28 bits per heavy atom. The summed E-state index contributed by atoms with van der Waals surface area (Å²) in [5.74, 6) is 0.0333. The first-order valence-corrected chi connectivity index (χ1v) is 9.26. The molecule has 3 aromatic rings. The average Bonchev–Trinajstić information content (AvgIpc) is 3.29. The van der Waals surface area contributed by atoms with Crippen LogP contribution >= 0.6 is 24.8 Å². The molecule has 0 bridgehead atoms. The van der Waals surface area contributed by atoms with Gasteiger partial charge in [-0.2, -0.15) is 5.10 Å². The monoisotopic (exact) mass is 433 g/mol. The van der Waals surface area contributed by atoms with Gasteiger partial charge in [-0.15, -0.1) is 24.8 Å². The van der Waals surface area contributed by atoms with Crippen molar-refractivity contribution in [1.29, 1.82) is 0 Å². The number of carbonyl (C=O) groups excluding carboxylic acids is 1. The van der Waals surface area contributed by atoms with Crippen LogP contribution in [0.4, 0.5) is 0 Å². The Morgan fingerprint density at radius 1 is 1.00 bits per heavy atom. The summed E-state index contributed by atoms with van der Waals surface area (Å²) in [6.07, 6.45) is 8.67. The molecule has 0 unspecified atom stereocenters. The second-order valence-corrected chi connectivity index (χ2v) is 6.85. The van der Waals surface area contributed by atoms with Crippen molar-refractivity contribution >= 4 is 30.7 Å². The van der Waals surface area contributed by atoms with E-state index in [1.54, 1.807) is 18.6 Å². The van der Waals surface area contributed by atoms with E-state index in [4.69, 9.17) is 0 Å². The van der Waals surface area contributed by atoms with E-state index in [2.05, 4.69) is 45.0 Å². The molecule has 0 saturated carbocycles. The SMILES string of the molecule is Cl.Cl.O=C(NCc1ccc(-c2ccncc2)cc1)C1(n2cccn2)CCNCC1. The van der Waals surface area contributed by atoms with Crippen LogP contribution in [0.25, 0.3) is 11.1 Å². The number of carbonyl (C=O) groups is 1. The van der Waals surface area contributed by atoms with Gasteiger partial charge in [0.05, 0.1) is 0 Å². The van der Waals surface area contributed by atoms with Crippen molar-refractivity contribution in [2.24, 2.45) is 0 Å². The summed E-state index contributed by atoms with van der Waals surface area (Å²) in [7, 11) is 0. The van der Waals surface area contributed by atoms with Gasteiger partial charge in [0, 0.05) is 31.3 Å². The fourth-order valence-corrected chi connectivity index (χ4v) is 3.63. The molecule has 8 heteroatoms. The molecule has 2 N–H and O–H groups in total. The van der Waals surface area contributed by atoms with E-state index in [0.717, 1.165) is 42.6 Å². The van der Waals surface area contributed by atoms with Crippen LogP contribution in [0.5, 0.6) is 0 Å². The fraction of sp³-hybridized carbons (Fsp3) is 0.286. The number of nitrogens with one attached hydrogen (secondary N) is 2. The van der Waals surface area contributed by atoms with Crippen molar-refractivity contribution in [3.63, 3.8) is 0 Å². The number of nitrogens with zero attached hydrogens (tertiary/aromatic N) is 3. The molecule has 3 heterocycles. The molecule has 1 fully saturated rings. The van der Waals surface area contributed by atoms with Crippen LogP contribution < -0.4 is 10.6 Å². The van der Waals surface area contributed by atoms with Gasteiger partial charge in [0.1, 0.15) is 5.54 Å². The summed E-state index contributed by atoms with van der Waals surface area (Å²) < 4.78 is 1.82. The highest BCUT2D eigenvalue weighted by Gasteiger charge is 2.41. The van der Waals surface area contributed by atoms with Gasteiger partial charge >= 0.3 is 0 Å². The smallest absolute Gasteiger partial charge is 0.248 e. The highest BCUT2D eigenvalue weighted by Crippen LogP contribution is 2.27. The van der Waals surface area contributed by atoms with E-state index in [-0.39, 0.29) is 30.7 Å². The maximum atomic E-state index is 13.1. The van der Waals surface area contributed by atoms with Gasteiger partial charge in [0.25, 0.3) is 0 Å². The standard InChI is InChI=1S/C21H23N5O.2ClH/c27-20(21(8-13-23-14-9-21)26-15-1-10-25-26)24-16-17-2-4-18(5-3-17)19-6-11-22-12-7-19;;/h1-7,10-12,15,23H,8-9,13-14,16H2,(H,24,27);2*1H. The van der Waals surface area contributed by atoms with Crippen LogP contribution in [0, 0.1) is 0 Å². The number of halogens is 2. The number of pyridine rings is 1. The molecule has 6 nitrogen and oxygen atoms in total. The zero-order valence-corrected chi connectivity index (χ0v) is 17.6. The summed E-state index contributed by atoms with van der Waals surface area (Å²) >= 11 is 0. The molecule has 1 aliphatic heterocycles. The van der Waals surface area contributed by atoms with Crippen molar-refractivity contribution in [3.05, 3.63) is 72.8 Å². The third-order valence-electron chi connectivity index (χ3n) is 5.22. The van der Waals surface area contributed by atoms with Crippen molar-refractivity contribution in [3.8, 4) is 11.1 Å². The van der Waals surface area contributed by atoms with E-state index >= 15 is 0 Å². The van der Waals surface area contributed by atoms with Crippen molar-refractivity contribution in [1.82, 2.24) is 25.4 Å². The lowest BCUT2D eigenvalue weighted by Gasteiger charge is -2.36. The normalized spacial score (nSPS) is 14.9. The maximum Gasteiger partial charge on any atom is 0.248 e. The molecule has 1 aromatic carbocycles. The Morgan fingerprint density at radius 2 is 1.66 bits per heavy atom. The quantitative estimate of drug-likeness (QED) is 0.647. The molecule has 1 aliphatic rings. The Balaban J connectivity index is 0.00000150. The topological polar surface area (TPSA) is 71.8 Å². The zero-order valence-electron chi connectivity index (χ0n) is 16.0. The molecule has 2 aromatic heterocycles. The first-order valence-electron chi connectivity index (χ1n) is 9.26. The molecule has 154 valence electrons. The molecular weight excluding hydrogens is 409 g/mol. The van der Waals surface area contributed by atoms with Crippen LogP contribution in [0.1, 0.15) is 18.4 Å². The minimum atomic E-state index is -0.605. The number of amides is 1. The molecule has 4 rings (SSSR count). The Labute approximate surface area is 182 Å². The lowest BCUT2D eigenvalue weighted by molar-refractivity contribution is -0.132. The highest BCUT2D eigenvalue weighted by molar-refractivity contribution is 5.86. The van der Waals surface area contributed by atoms with Crippen LogP contribution in [0.2, 0.25) is 0 Å². The lowest BCUT2D eigenvalue weighted by atomic mass is 9.87. The first kappa shape index (κ1) is 22.9. The molecule has 1 saturated heterocycles. The fourth-order valence-electron chi connectivity index (χ4n) is 3.63. The van der Waals surface area contributed by atoms with Crippen molar-refractivity contribution in [2.75, 3.05) is 13.1 Å². The minimum Gasteiger partial charge on any atom is -0.350 e. The van der Waals surface area contributed by atoms with Crippen LogP contribution in [0.15, 0.2) is 67.3 Å².